The first-order valence-electron chi connectivity index (χ1n) is 6.01. The molecule has 0 unspecified atom stereocenters. The smallest absolute Gasteiger partial charge is 0.242 e. The van der Waals surface area contributed by atoms with Crippen LogP contribution in [0.3, 0.4) is 0 Å². The van der Waals surface area contributed by atoms with Gasteiger partial charge in [0.2, 0.25) is 15.9 Å². The van der Waals surface area contributed by atoms with E-state index in [2.05, 4.69) is 14.9 Å². The van der Waals surface area contributed by atoms with E-state index in [1.54, 1.807) is 6.92 Å². The third-order valence-electron chi connectivity index (χ3n) is 2.64. The number of aryl methyl sites for hydroxylation is 1. The summed E-state index contributed by atoms with van der Waals surface area (Å²) in [5.74, 6) is 0.840. The van der Waals surface area contributed by atoms with Crippen LogP contribution in [-0.4, -0.2) is 25.1 Å². The second-order valence-electron chi connectivity index (χ2n) is 4.24. The lowest BCUT2D eigenvalue weighted by molar-refractivity contribution is 0.387. The highest BCUT2D eigenvalue weighted by atomic mass is 32.2. The standard InChI is InChI=1S/C12H13N5O3S/c1-8-16-12(17-20-8)4-5-15-21(18,19)11-3-2-9(7-13)6-10(11)14/h2-3,6,15H,4-5,14H2,1H3. The van der Waals surface area contributed by atoms with Crippen molar-refractivity contribution in [2.75, 3.05) is 12.3 Å². The largest absolute Gasteiger partial charge is 0.398 e. The van der Waals surface area contributed by atoms with Crippen LogP contribution in [0, 0.1) is 18.3 Å². The van der Waals surface area contributed by atoms with Gasteiger partial charge in [-0.2, -0.15) is 10.2 Å². The normalized spacial score (nSPS) is 11.2. The Hall–Kier alpha value is -2.44. The number of nitrogens with two attached hydrogens (primary N) is 1. The quantitative estimate of drug-likeness (QED) is 0.761. The molecule has 1 heterocycles. The Labute approximate surface area is 121 Å². The van der Waals surface area contributed by atoms with E-state index < -0.39 is 10.0 Å². The number of hydrogen-bond acceptors (Lipinski definition) is 7. The van der Waals surface area contributed by atoms with Gasteiger partial charge in [0.05, 0.1) is 17.3 Å². The number of nitrogens with zero attached hydrogens (tertiary/aromatic N) is 3. The Kier molecular flexibility index (Phi) is 4.21. The Bertz CT molecular complexity index is 791. The number of nitrogen functional groups attached to an aromatic ring is 1. The van der Waals surface area contributed by atoms with Gasteiger partial charge in [0.15, 0.2) is 5.82 Å². The molecule has 1 aromatic heterocycles. The zero-order chi connectivity index (χ0) is 15.5. The fraction of sp³-hybridized carbons (Fsp3) is 0.250. The number of nitriles is 1. The number of sulfonamides is 1. The molecular weight excluding hydrogens is 294 g/mol. The highest BCUT2D eigenvalue weighted by molar-refractivity contribution is 7.89. The van der Waals surface area contributed by atoms with Gasteiger partial charge < -0.3 is 10.3 Å². The Morgan fingerprint density at radius 3 is 2.81 bits per heavy atom. The molecule has 9 heteroatoms. The topological polar surface area (TPSA) is 135 Å². The molecule has 1 aromatic carbocycles. The molecule has 0 saturated carbocycles. The van der Waals surface area contributed by atoms with Crippen molar-refractivity contribution in [2.45, 2.75) is 18.2 Å². The summed E-state index contributed by atoms with van der Waals surface area (Å²) < 4.78 is 31.4. The number of benzene rings is 1. The van der Waals surface area contributed by atoms with Crippen LogP contribution in [0.15, 0.2) is 27.6 Å². The lowest BCUT2D eigenvalue weighted by atomic mass is 10.2. The van der Waals surface area contributed by atoms with E-state index in [0.717, 1.165) is 0 Å². The molecule has 2 rings (SSSR count). The van der Waals surface area contributed by atoms with Gasteiger partial charge in [0, 0.05) is 19.9 Å². The summed E-state index contributed by atoms with van der Waals surface area (Å²) in [6.07, 6.45) is 0.298. The summed E-state index contributed by atoms with van der Waals surface area (Å²) in [5.41, 5.74) is 5.98. The van der Waals surface area contributed by atoms with Crippen molar-refractivity contribution < 1.29 is 12.9 Å². The van der Waals surface area contributed by atoms with Gasteiger partial charge in [0.25, 0.3) is 0 Å². The molecule has 0 radical (unpaired) electrons. The molecule has 0 spiro atoms. The van der Waals surface area contributed by atoms with Gasteiger partial charge in [-0.05, 0) is 18.2 Å². The third-order valence-corrected chi connectivity index (χ3v) is 4.17. The van der Waals surface area contributed by atoms with Crippen LogP contribution in [0.2, 0.25) is 0 Å². The lowest BCUT2D eigenvalue weighted by Gasteiger charge is -2.08. The monoisotopic (exact) mass is 307 g/mol. The van der Waals surface area contributed by atoms with Crippen molar-refractivity contribution in [3.8, 4) is 6.07 Å². The highest BCUT2D eigenvalue weighted by Crippen LogP contribution is 2.19. The van der Waals surface area contributed by atoms with E-state index in [-0.39, 0.29) is 17.1 Å². The molecular formula is C12H13N5O3S. The molecule has 0 bridgehead atoms. The van der Waals surface area contributed by atoms with Gasteiger partial charge in [-0.1, -0.05) is 5.16 Å². The Balaban J connectivity index is 2.06. The summed E-state index contributed by atoms with van der Waals surface area (Å²) >= 11 is 0. The minimum Gasteiger partial charge on any atom is -0.398 e. The number of aromatic nitrogens is 2. The maximum Gasteiger partial charge on any atom is 0.242 e. The van der Waals surface area contributed by atoms with Gasteiger partial charge in [-0.25, -0.2) is 13.1 Å². The molecule has 2 aromatic rings. The van der Waals surface area contributed by atoms with Crippen LogP contribution in [0.1, 0.15) is 17.3 Å². The molecule has 110 valence electrons. The van der Waals surface area contributed by atoms with Gasteiger partial charge in [-0.15, -0.1) is 0 Å². The van der Waals surface area contributed by atoms with Crippen molar-refractivity contribution in [2.24, 2.45) is 0 Å². The first-order chi connectivity index (χ1) is 9.92. The van der Waals surface area contributed by atoms with Crippen LogP contribution >= 0.6 is 0 Å². The van der Waals surface area contributed by atoms with Crippen LogP contribution in [0.5, 0.6) is 0 Å². The van der Waals surface area contributed by atoms with Gasteiger partial charge in [0.1, 0.15) is 4.90 Å². The molecule has 8 nitrogen and oxygen atoms in total. The number of rotatable bonds is 5. The van der Waals surface area contributed by atoms with E-state index in [9.17, 15) is 8.42 Å². The predicted molar refractivity (Wildman–Crippen MR) is 73.5 cm³/mol. The molecule has 0 atom stereocenters. The second-order valence-corrected chi connectivity index (χ2v) is 5.98. The van der Waals surface area contributed by atoms with E-state index in [4.69, 9.17) is 15.5 Å². The van der Waals surface area contributed by atoms with Gasteiger partial charge in [-0.3, -0.25) is 0 Å². The first kappa shape index (κ1) is 15.0. The van der Waals surface area contributed by atoms with E-state index in [0.29, 0.717) is 23.7 Å². The second kappa shape index (κ2) is 5.90. The molecule has 0 aliphatic rings. The minimum atomic E-state index is -3.75. The van der Waals surface area contributed by atoms with Crippen LogP contribution in [0.4, 0.5) is 5.69 Å². The fourth-order valence-corrected chi connectivity index (χ4v) is 2.82. The third kappa shape index (κ3) is 3.56. The van der Waals surface area contributed by atoms with Crippen LogP contribution < -0.4 is 10.5 Å². The summed E-state index contributed by atoms with van der Waals surface area (Å²) in [4.78, 5) is 3.91. The van der Waals surface area contributed by atoms with E-state index in [1.165, 1.54) is 18.2 Å². The van der Waals surface area contributed by atoms with E-state index >= 15 is 0 Å². The van der Waals surface area contributed by atoms with Crippen molar-refractivity contribution in [3.63, 3.8) is 0 Å². The van der Waals surface area contributed by atoms with Crippen molar-refractivity contribution >= 4 is 15.7 Å². The minimum absolute atomic E-state index is 0.0250. The lowest BCUT2D eigenvalue weighted by Crippen LogP contribution is -2.27. The SMILES string of the molecule is Cc1nc(CCNS(=O)(=O)c2ccc(C#N)cc2N)no1. The van der Waals surface area contributed by atoms with Crippen molar-refractivity contribution in [1.82, 2.24) is 14.9 Å². The zero-order valence-corrected chi connectivity index (χ0v) is 12.0. The number of anilines is 1. The number of hydrogen-bond donors (Lipinski definition) is 2. The molecule has 0 aliphatic heterocycles. The number of nitrogens with one attached hydrogen (secondary N) is 1. The molecule has 0 fully saturated rings. The summed E-state index contributed by atoms with van der Waals surface area (Å²) in [5, 5.41) is 12.4. The average Bonchev–Trinajstić information content (AvgIpc) is 2.83. The molecule has 0 amide bonds. The first-order valence-corrected chi connectivity index (χ1v) is 7.49. The van der Waals surface area contributed by atoms with Crippen LogP contribution in [0.25, 0.3) is 0 Å². The highest BCUT2D eigenvalue weighted by Gasteiger charge is 2.17. The maximum atomic E-state index is 12.1. The summed E-state index contributed by atoms with van der Waals surface area (Å²) in [6, 6.07) is 5.90. The average molecular weight is 307 g/mol. The van der Waals surface area contributed by atoms with Gasteiger partial charge >= 0.3 is 0 Å². The molecule has 0 aliphatic carbocycles. The molecule has 21 heavy (non-hydrogen) atoms. The Morgan fingerprint density at radius 2 is 2.24 bits per heavy atom. The molecule has 3 N–H and O–H groups in total. The van der Waals surface area contributed by atoms with E-state index in [1.807, 2.05) is 6.07 Å². The zero-order valence-electron chi connectivity index (χ0n) is 11.2. The molecule has 0 saturated heterocycles. The van der Waals surface area contributed by atoms with Crippen LogP contribution in [-0.2, 0) is 16.4 Å². The van der Waals surface area contributed by atoms with Crippen molar-refractivity contribution in [1.29, 1.82) is 5.26 Å². The maximum absolute atomic E-state index is 12.1. The Morgan fingerprint density at radius 1 is 1.48 bits per heavy atom. The van der Waals surface area contributed by atoms with Crippen molar-refractivity contribution in [3.05, 3.63) is 35.5 Å². The summed E-state index contributed by atoms with van der Waals surface area (Å²) in [6.45, 7) is 1.76. The summed E-state index contributed by atoms with van der Waals surface area (Å²) in [7, 11) is -3.75. The fourth-order valence-electron chi connectivity index (χ4n) is 1.68. The predicted octanol–water partition coefficient (Wildman–Crippen LogP) is 0.353.